The summed E-state index contributed by atoms with van der Waals surface area (Å²) < 4.78 is 7.44. The van der Waals surface area contributed by atoms with Crippen molar-refractivity contribution < 1.29 is 9.53 Å². The Morgan fingerprint density at radius 3 is 2.93 bits per heavy atom. The molecule has 0 aromatic carbocycles. The molecule has 3 aromatic heterocycles. The van der Waals surface area contributed by atoms with Crippen molar-refractivity contribution in [2.75, 3.05) is 13.7 Å². The first-order valence-electron chi connectivity index (χ1n) is 10.1. The van der Waals surface area contributed by atoms with Gasteiger partial charge < -0.3 is 10.1 Å². The van der Waals surface area contributed by atoms with Gasteiger partial charge in [-0.1, -0.05) is 12.5 Å². The van der Waals surface area contributed by atoms with Gasteiger partial charge in [-0.05, 0) is 48.4 Å². The summed E-state index contributed by atoms with van der Waals surface area (Å²) in [6.07, 6.45) is 9.56. The first-order valence-corrected chi connectivity index (χ1v) is 10.9. The maximum absolute atomic E-state index is 12.6. The molecule has 7 heteroatoms. The fraction of sp³-hybridized carbons (Fsp3) is 0.409. The summed E-state index contributed by atoms with van der Waals surface area (Å²) in [5.41, 5.74) is 3.25. The summed E-state index contributed by atoms with van der Waals surface area (Å²) in [4.78, 5) is 17.9. The quantitative estimate of drug-likeness (QED) is 0.639. The van der Waals surface area contributed by atoms with Gasteiger partial charge in [0.1, 0.15) is 0 Å². The third kappa shape index (κ3) is 4.57. The van der Waals surface area contributed by atoms with Crippen LogP contribution in [0, 0.1) is 5.92 Å². The molecule has 1 amide bonds. The number of carbonyl (C=O) groups excluding carboxylic acids is 1. The van der Waals surface area contributed by atoms with Gasteiger partial charge >= 0.3 is 0 Å². The minimum atomic E-state index is 0.0514. The van der Waals surface area contributed by atoms with E-state index in [1.807, 2.05) is 29.1 Å². The Morgan fingerprint density at radius 1 is 1.31 bits per heavy atom. The van der Waals surface area contributed by atoms with Gasteiger partial charge in [0.2, 0.25) is 5.91 Å². The lowest BCUT2D eigenvalue weighted by atomic mass is 9.86. The summed E-state index contributed by atoms with van der Waals surface area (Å²) >= 11 is 1.69. The Balaban J connectivity index is 1.45. The van der Waals surface area contributed by atoms with Crippen molar-refractivity contribution in [3.05, 3.63) is 48.2 Å². The highest BCUT2D eigenvalue weighted by Gasteiger charge is 2.27. The molecule has 152 valence electrons. The normalized spacial score (nSPS) is 19.2. The molecule has 1 aliphatic carbocycles. The van der Waals surface area contributed by atoms with Crippen molar-refractivity contribution in [3.8, 4) is 21.7 Å². The molecular weight excluding hydrogens is 384 g/mol. The molecule has 3 heterocycles. The van der Waals surface area contributed by atoms with Crippen molar-refractivity contribution in [2.45, 2.75) is 38.3 Å². The number of hydrogen-bond acceptors (Lipinski definition) is 5. The number of methoxy groups -OCH3 is 1. The second kappa shape index (κ2) is 9.33. The second-order valence-electron chi connectivity index (χ2n) is 7.36. The number of thiophene rings is 1. The summed E-state index contributed by atoms with van der Waals surface area (Å²) in [6, 6.07) is 8.14. The average Bonchev–Trinajstić information content (AvgIpc) is 3.44. The van der Waals surface area contributed by atoms with E-state index in [0.29, 0.717) is 13.1 Å². The largest absolute Gasteiger partial charge is 0.381 e. The maximum Gasteiger partial charge on any atom is 0.223 e. The van der Waals surface area contributed by atoms with Gasteiger partial charge in [0.05, 0.1) is 29.4 Å². The zero-order valence-corrected chi connectivity index (χ0v) is 17.4. The lowest BCUT2D eigenvalue weighted by Gasteiger charge is -2.27. The van der Waals surface area contributed by atoms with Gasteiger partial charge in [-0.15, -0.1) is 11.3 Å². The molecule has 1 saturated carbocycles. The van der Waals surface area contributed by atoms with Crippen LogP contribution in [0.15, 0.2) is 48.2 Å². The molecule has 0 unspecified atom stereocenters. The molecule has 3 aromatic rings. The van der Waals surface area contributed by atoms with Crippen LogP contribution in [0.5, 0.6) is 0 Å². The summed E-state index contributed by atoms with van der Waals surface area (Å²) in [5, 5.41) is 9.79. The number of nitrogens with zero attached hydrogens (tertiary/aromatic N) is 3. The second-order valence-corrected chi connectivity index (χ2v) is 8.30. The standard InChI is InChI=1S/C22H26N4O2S/c1-28-18-5-2-4-17(14-18)22(27)24-11-12-26-21(20-6-3-13-29-20)19(15-25-26)16-7-9-23-10-8-16/h3,6-10,13,15,17-18H,2,4-5,11-12,14H2,1H3,(H,24,27)/t17-,18+/m1/s1. The van der Waals surface area contributed by atoms with E-state index < -0.39 is 0 Å². The molecule has 0 bridgehead atoms. The van der Waals surface area contributed by atoms with E-state index in [2.05, 4.69) is 26.8 Å². The van der Waals surface area contributed by atoms with Crippen LogP contribution in [0.1, 0.15) is 25.7 Å². The molecular formula is C22H26N4O2S. The lowest BCUT2D eigenvalue weighted by molar-refractivity contribution is -0.127. The zero-order chi connectivity index (χ0) is 20.1. The van der Waals surface area contributed by atoms with E-state index in [1.165, 1.54) is 0 Å². The van der Waals surface area contributed by atoms with Crippen LogP contribution in [0.4, 0.5) is 0 Å². The Bertz CT molecular complexity index is 924. The number of aromatic nitrogens is 3. The van der Waals surface area contributed by atoms with E-state index in [4.69, 9.17) is 4.74 Å². The molecule has 0 spiro atoms. The van der Waals surface area contributed by atoms with E-state index in [0.717, 1.165) is 47.4 Å². The fourth-order valence-electron chi connectivity index (χ4n) is 4.00. The smallest absolute Gasteiger partial charge is 0.223 e. The summed E-state index contributed by atoms with van der Waals surface area (Å²) in [5.74, 6) is 0.182. The number of rotatable bonds is 7. The van der Waals surface area contributed by atoms with Crippen LogP contribution in [0.25, 0.3) is 21.7 Å². The summed E-state index contributed by atoms with van der Waals surface area (Å²) in [7, 11) is 1.73. The predicted molar refractivity (Wildman–Crippen MR) is 115 cm³/mol. The Kier molecular flexibility index (Phi) is 6.36. The van der Waals surface area contributed by atoms with E-state index >= 15 is 0 Å². The van der Waals surface area contributed by atoms with E-state index in [-0.39, 0.29) is 17.9 Å². The third-order valence-corrected chi connectivity index (χ3v) is 6.41. The third-order valence-electron chi connectivity index (χ3n) is 5.54. The van der Waals surface area contributed by atoms with Crippen LogP contribution in [0.2, 0.25) is 0 Å². The molecule has 0 aliphatic heterocycles. The minimum Gasteiger partial charge on any atom is -0.381 e. The molecule has 0 radical (unpaired) electrons. The Labute approximate surface area is 174 Å². The number of ether oxygens (including phenoxy) is 1. The van der Waals surface area contributed by atoms with Crippen molar-refractivity contribution in [1.29, 1.82) is 0 Å². The van der Waals surface area contributed by atoms with Crippen LogP contribution >= 0.6 is 11.3 Å². The molecule has 1 aliphatic rings. The highest BCUT2D eigenvalue weighted by atomic mass is 32.1. The monoisotopic (exact) mass is 410 g/mol. The zero-order valence-electron chi connectivity index (χ0n) is 16.6. The van der Waals surface area contributed by atoms with Gasteiger partial charge in [-0.3, -0.25) is 14.5 Å². The van der Waals surface area contributed by atoms with Crippen LogP contribution < -0.4 is 5.32 Å². The fourth-order valence-corrected chi connectivity index (χ4v) is 4.79. The predicted octanol–water partition coefficient (Wildman–Crippen LogP) is 4.00. The molecule has 1 fully saturated rings. The van der Waals surface area contributed by atoms with Crippen molar-refractivity contribution >= 4 is 17.2 Å². The van der Waals surface area contributed by atoms with Gasteiger partial charge in [0.15, 0.2) is 0 Å². The number of nitrogens with one attached hydrogen (secondary N) is 1. The molecule has 1 N–H and O–H groups in total. The van der Waals surface area contributed by atoms with Gasteiger partial charge in [0.25, 0.3) is 0 Å². The topological polar surface area (TPSA) is 69.0 Å². The minimum absolute atomic E-state index is 0.0514. The first-order chi connectivity index (χ1) is 14.3. The number of pyridine rings is 1. The lowest BCUT2D eigenvalue weighted by Crippen LogP contribution is -2.37. The van der Waals surface area contributed by atoms with Crippen LogP contribution in [-0.4, -0.2) is 40.4 Å². The number of hydrogen-bond donors (Lipinski definition) is 1. The molecule has 6 nitrogen and oxygen atoms in total. The molecule has 29 heavy (non-hydrogen) atoms. The van der Waals surface area contributed by atoms with Crippen molar-refractivity contribution in [3.63, 3.8) is 0 Å². The van der Waals surface area contributed by atoms with Crippen LogP contribution in [-0.2, 0) is 16.1 Å². The SMILES string of the molecule is CO[C@H]1CCC[C@@H](C(=O)NCCn2ncc(-c3ccncc3)c2-c2cccs2)C1. The highest BCUT2D eigenvalue weighted by Crippen LogP contribution is 2.34. The Hall–Kier alpha value is -2.51. The maximum atomic E-state index is 12.6. The van der Waals surface area contributed by atoms with Gasteiger partial charge in [0, 0.05) is 37.5 Å². The van der Waals surface area contributed by atoms with Gasteiger partial charge in [-0.2, -0.15) is 5.10 Å². The molecule has 4 rings (SSSR count). The number of amides is 1. The molecule has 0 saturated heterocycles. The van der Waals surface area contributed by atoms with E-state index in [9.17, 15) is 4.79 Å². The van der Waals surface area contributed by atoms with Gasteiger partial charge in [-0.25, -0.2) is 0 Å². The summed E-state index contributed by atoms with van der Waals surface area (Å²) in [6.45, 7) is 1.19. The first kappa shape index (κ1) is 19.8. The highest BCUT2D eigenvalue weighted by molar-refractivity contribution is 7.13. The van der Waals surface area contributed by atoms with Crippen molar-refractivity contribution in [2.24, 2.45) is 5.92 Å². The van der Waals surface area contributed by atoms with Crippen LogP contribution in [0.3, 0.4) is 0 Å². The average molecular weight is 411 g/mol. The Morgan fingerprint density at radius 2 is 2.17 bits per heavy atom. The van der Waals surface area contributed by atoms with Crippen molar-refractivity contribution in [1.82, 2.24) is 20.1 Å². The van der Waals surface area contributed by atoms with E-state index in [1.54, 1.807) is 30.8 Å². The molecule has 2 atom stereocenters. The number of carbonyl (C=O) groups is 1.